The van der Waals surface area contributed by atoms with Crippen LogP contribution >= 0.6 is 0 Å². The predicted molar refractivity (Wildman–Crippen MR) is 80.5 cm³/mol. The second-order valence-corrected chi connectivity index (χ2v) is 4.73. The van der Waals surface area contributed by atoms with Gasteiger partial charge in [0.1, 0.15) is 5.75 Å². The molecule has 0 amide bonds. The Morgan fingerprint density at radius 2 is 2.16 bits per heavy atom. The van der Waals surface area contributed by atoms with E-state index in [-0.39, 0.29) is 0 Å². The molecular formula is C16H24N2O. The fourth-order valence-corrected chi connectivity index (χ4v) is 1.98. The average molecular weight is 260 g/mol. The molecule has 0 aliphatic carbocycles. The first-order chi connectivity index (χ1) is 9.19. The Kier molecular flexibility index (Phi) is 7.02. The van der Waals surface area contributed by atoms with Crippen molar-refractivity contribution in [3.05, 3.63) is 29.8 Å². The molecule has 0 bridgehead atoms. The maximum Gasteiger partial charge on any atom is 0.122 e. The second kappa shape index (κ2) is 8.58. The number of para-hydroxylation sites is 1. The monoisotopic (exact) mass is 260 g/mol. The molecule has 0 radical (unpaired) electrons. The van der Waals surface area contributed by atoms with Gasteiger partial charge in [-0.05, 0) is 32.0 Å². The summed E-state index contributed by atoms with van der Waals surface area (Å²) in [5.74, 6) is 3.55. The molecule has 1 atom stereocenters. The zero-order valence-electron chi connectivity index (χ0n) is 12.1. The number of ether oxygens (including phenoxy) is 1. The van der Waals surface area contributed by atoms with Crippen molar-refractivity contribution in [2.24, 2.45) is 0 Å². The number of hydrogen-bond donors (Lipinski definition) is 1. The van der Waals surface area contributed by atoms with Gasteiger partial charge in [-0.1, -0.05) is 24.1 Å². The molecule has 0 saturated heterocycles. The fraction of sp³-hybridized carbons (Fsp3) is 0.500. The average Bonchev–Trinajstić information content (AvgIpc) is 2.44. The third-order valence-electron chi connectivity index (χ3n) is 3.33. The quantitative estimate of drug-likeness (QED) is 0.569. The van der Waals surface area contributed by atoms with Crippen LogP contribution in [0.3, 0.4) is 0 Å². The first-order valence-electron chi connectivity index (χ1n) is 6.65. The van der Waals surface area contributed by atoms with Gasteiger partial charge in [-0.15, -0.1) is 6.42 Å². The third-order valence-corrected chi connectivity index (χ3v) is 3.33. The van der Waals surface area contributed by atoms with E-state index in [2.05, 4.69) is 42.2 Å². The van der Waals surface area contributed by atoms with Gasteiger partial charge in [-0.3, -0.25) is 0 Å². The van der Waals surface area contributed by atoms with Crippen LogP contribution in [0.4, 0.5) is 0 Å². The van der Waals surface area contributed by atoms with E-state index < -0.39 is 0 Å². The van der Waals surface area contributed by atoms with Crippen molar-refractivity contribution < 1.29 is 4.74 Å². The Labute approximate surface area is 117 Å². The van der Waals surface area contributed by atoms with Crippen LogP contribution < -0.4 is 10.1 Å². The van der Waals surface area contributed by atoms with Crippen molar-refractivity contribution in [2.45, 2.75) is 19.4 Å². The van der Waals surface area contributed by atoms with Crippen molar-refractivity contribution in [3.8, 4) is 18.1 Å². The van der Waals surface area contributed by atoms with Crippen LogP contribution in [0, 0.1) is 12.3 Å². The van der Waals surface area contributed by atoms with E-state index in [1.165, 1.54) is 5.56 Å². The SMILES string of the molecule is C#CCNCCN(C)C(C)Cc1ccccc1OC. The van der Waals surface area contributed by atoms with Crippen molar-refractivity contribution in [1.29, 1.82) is 0 Å². The maximum absolute atomic E-state index is 5.39. The standard InChI is InChI=1S/C16H24N2O/c1-5-10-17-11-12-18(3)14(2)13-15-8-6-7-9-16(15)19-4/h1,6-9,14,17H,10-13H2,2-4H3. The lowest BCUT2D eigenvalue weighted by atomic mass is 10.1. The van der Waals surface area contributed by atoms with Gasteiger partial charge in [0, 0.05) is 19.1 Å². The highest BCUT2D eigenvalue weighted by Crippen LogP contribution is 2.19. The van der Waals surface area contributed by atoms with Crippen LogP contribution in [-0.4, -0.2) is 44.7 Å². The summed E-state index contributed by atoms with van der Waals surface area (Å²) in [6.45, 7) is 4.76. The Balaban J connectivity index is 2.45. The number of rotatable bonds is 8. The molecule has 1 aromatic rings. The maximum atomic E-state index is 5.39. The van der Waals surface area contributed by atoms with E-state index in [9.17, 15) is 0 Å². The summed E-state index contributed by atoms with van der Waals surface area (Å²) in [7, 11) is 3.86. The molecule has 3 nitrogen and oxygen atoms in total. The number of terminal acetylenes is 1. The summed E-state index contributed by atoms with van der Waals surface area (Å²) in [6, 6.07) is 8.65. The largest absolute Gasteiger partial charge is 0.496 e. The molecule has 0 spiro atoms. The van der Waals surface area contributed by atoms with Crippen LogP contribution in [0.1, 0.15) is 12.5 Å². The van der Waals surface area contributed by atoms with Crippen LogP contribution in [-0.2, 0) is 6.42 Å². The van der Waals surface area contributed by atoms with E-state index in [1.807, 2.05) is 12.1 Å². The number of nitrogens with one attached hydrogen (secondary N) is 1. The fourth-order valence-electron chi connectivity index (χ4n) is 1.98. The zero-order valence-corrected chi connectivity index (χ0v) is 12.1. The van der Waals surface area contributed by atoms with Crippen LogP contribution in [0.2, 0.25) is 0 Å². The van der Waals surface area contributed by atoms with E-state index in [1.54, 1.807) is 7.11 Å². The molecule has 0 aliphatic heterocycles. The zero-order chi connectivity index (χ0) is 14.1. The highest BCUT2D eigenvalue weighted by atomic mass is 16.5. The number of benzene rings is 1. The number of hydrogen-bond acceptors (Lipinski definition) is 3. The summed E-state index contributed by atoms with van der Waals surface area (Å²) < 4.78 is 5.39. The Morgan fingerprint density at radius 1 is 1.42 bits per heavy atom. The second-order valence-electron chi connectivity index (χ2n) is 4.73. The Morgan fingerprint density at radius 3 is 2.84 bits per heavy atom. The van der Waals surface area contributed by atoms with Crippen molar-refractivity contribution in [1.82, 2.24) is 10.2 Å². The van der Waals surface area contributed by atoms with Gasteiger partial charge < -0.3 is 15.0 Å². The molecule has 0 aromatic heterocycles. The van der Waals surface area contributed by atoms with Crippen LogP contribution in [0.5, 0.6) is 5.75 Å². The minimum atomic E-state index is 0.462. The molecule has 1 unspecified atom stereocenters. The van der Waals surface area contributed by atoms with Crippen LogP contribution in [0.15, 0.2) is 24.3 Å². The lowest BCUT2D eigenvalue weighted by molar-refractivity contribution is 0.255. The van der Waals surface area contributed by atoms with Gasteiger partial charge in [0.25, 0.3) is 0 Å². The highest BCUT2D eigenvalue weighted by molar-refractivity contribution is 5.33. The first-order valence-corrected chi connectivity index (χ1v) is 6.65. The topological polar surface area (TPSA) is 24.5 Å². The van der Waals surface area contributed by atoms with Crippen molar-refractivity contribution >= 4 is 0 Å². The van der Waals surface area contributed by atoms with Crippen LogP contribution in [0.25, 0.3) is 0 Å². The molecule has 104 valence electrons. The molecular weight excluding hydrogens is 236 g/mol. The van der Waals surface area contributed by atoms with Gasteiger partial charge in [0.05, 0.1) is 13.7 Å². The van der Waals surface area contributed by atoms with Gasteiger partial charge in [0.2, 0.25) is 0 Å². The molecule has 1 rings (SSSR count). The molecule has 3 heteroatoms. The summed E-state index contributed by atoms with van der Waals surface area (Å²) in [6.07, 6.45) is 6.18. The predicted octanol–water partition coefficient (Wildman–Crippen LogP) is 1.78. The summed E-state index contributed by atoms with van der Waals surface area (Å²) >= 11 is 0. The van der Waals surface area contributed by atoms with Crippen molar-refractivity contribution in [3.63, 3.8) is 0 Å². The van der Waals surface area contributed by atoms with E-state index >= 15 is 0 Å². The van der Waals surface area contributed by atoms with Gasteiger partial charge in [-0.2, -0.15) is 0 Å². The Hall–Kier alpha value is -1.50. The summed E-state index contributed by atoms with van der Waals surface area (Å²) in [5, 5.41) is 3.20. The molecule has 0 aliphatic rings. The van der Waals surface area contributed by atoms with E-state index in [4.69, 9.17) is 11.2 Å². The molecule has 1 aromatic carbocycles. The smallest absolute Gasteiger partial charge is 0.122 e. The van der Waals surface area contributed by atoms with Gasteiger partial charge in [0.15, 0.2) is 0 Å². The van der Waals surface area contributed by atoms with E-state index in [0.717, 1.165) is 25.3 Å². The summed E-state index contributed by atoms with van der Waals surface area (Å²) in [5.41, 5.74) is 1.25. The number of nitrogens with zero attached hydrogens (tertiary/aromatic N) is 1. The number of likely N-dealkylation sites (N-methyl/N-ethyl adjacent to an activating group) is 1. The van der Waals surface area contributed by atoms with Gasteiger partial charge in [-0.25, -0.2) is 0 Å². The minimum absolute atomic E-state index is 0.462. The Bertz CT molecular complexity index is 411. The molecule has 0 fully saturated rings. The normalized spacial score (nSPS) is 12.2. The minimum Gasteiger partial charge on any atom is -0.496 e. The molecule has 1 N–H and O–H groups in total. The molecule has 0 saturated carbocycles. The summed E-state index contributed by atoms with van der Waals surface area (Å²) in [4.78, 5) is 2.33. The first kappa shape index (κ1) is 15.6. The lowest BCUT2D eigenvalue weighted by Gasteiger charge is -2.25. The molecule has 19 heavy (non-hydrogen) atoms. The van der Waals surface area contributed by atoms with E-state index in [0.29, 0.717) is 12.6 Å². The number of methoxy groups -OCH3 is 1. The lowest BCUT2D eigenvalue weighted by Crippen LogP contribution is -2.36. The van der Waals surface area contributed by atoms with Gasteiger partial charge >= 0.3 is 0 Å². The molecule has 0 heterocycles. The van der Waals surface area contributed by atoms with Crippen molar-refractivity contribution in [2.75, 3.05) is 33.8 Å². The highest BCUT2D eigenvalue weighted by Gasteiger charge is 2.12. The third kappa shape index (κ3) is 5.34.